The Labute approximate surface area is 105 Å². The lowest BCUT2D eigenvalue weighted by atomic mass is 9.87. The predicted molar refractivity (Wildman–Crippen MR) is 64.4 cm³/mol. The van der Waals surface area contributed by atoms with Crippen LogP contribution >= 0.6 is 0 Å². The van der Waals surface area contributed by atoms with Gasteiger partial charge in [-0.3, -0.25) is 0 Å². The van der Waals surface area contributed by atoms with Crippen LogP contribution in [0.25, 0.3) is 0 Å². The highest BCUT2D eigenvalue weighted by Crippen LogP contribution is 2.34. The largest absolute Gasteiger partial charge is 0.487 e. The summed E-state index contributed by atoms with van der Waals surface area (Å²) < 4.78 is 34.2. The van der Waals surface area contributed by atoms with Crippen molar-refractivity contribution in [2.24, 2.45) is 0 Å². The Morgan fingerprint density at radius 1 is 1.22 bits per heavy atom. The van der Waals surface area contributed by atoms with Crippen molar-refractivity contribution < 1.29 is 23.4 Å². The summed E-state index contributed by atoms with van der Waals surface area (Å²) in [5.41, 5.74) is 0.699. The van der Waals surface area contributed by atoms with E-state index in [9.17, 15) is 8.78 Å². The van der Waals surface area contributed by atoms with E-state index in [1.54, 1.807) is 18.2 Å². The van der Waals surface area contributed by atoms with Crippen molar-refractivity contribution in [2.75, 3.05) is 13.2 Å². The fraction of sp³-hybridized carbons (Fsp3) is 0.538. The van der Waals surface area contributed by atoms with E-state index in [-0.39, 0.29) is 30.1 Å². The van der Waals surface area contributed by atoms with Crippen LogP contribution in [0.1, 0.15) is 26.3 Å². The normalized spacial score (nSPS) is 11.7. The van der Waals surface area contributed by atoms with E-state index in [4.69, 9.17) is 9.84 Å². The smallest absolute Gasteiger partial charge is 0.387 e. The van der Waals surface area contributed by atoms with Gasteiger partial charge in [0.05, 0.1) is 6.61 Å². The molecule has 0 aliphatic rings. The van der Waals surface area contributed by atoms with Crippen LogP contribution in [0.5, 0.6) is 11.5 Å². The summed E-state index contributed by atoms with van der Waals surface area (Å²) in [7, 11) is 0. The first-order valence-corrected chi connectivity index (χ1v) is 5.67. The maximum absolute atomic E-state index is 12.3. The summed E-state index contributed by atoms with van der Waals surface area (Å²) in [6.45, 7) is 2.87. The van der Waals surface area contributed by atoms with Gasteiger partial charge in [0, 0.05) is 0 Å². The lowest BCUT2D eigenvalue weighted by Gasteiger charge is -2.21. The lowest BCUT2D eigenvalue weighted by Crippen LogP contribution is -2.13. The quantitative estimate of drug-likeness (QED) is 0.884. The zero-order valence-corrected chi connectivity index (χ0v) is 10.7. The molecular formula is C13H18F2O3. The predicted octanol–water partition coefficient (Wildman–Crippen LogP) is 2.96. The van der Waals surface area contributed by atoms with Gasteiger partial charge >= 0.3 is 6.61 Å². The molecular weight excluding hydrogens is 242 g/mol. The average Bonchev–Trinajstić information content (AvgIpc) is 2.25. The molecule has 1 aromatic carbocycles. The first-order chi connectivity index (χ1) is 8.34. The van der Waals surface area contributed by atoms with Crippen molar-refractivity contribution in [2.45, 2.75) is 32.8 Å². The summed E-state index contributed by atoms with van der Waals surface area (Å²) in [6.07, 6.45) is 0. The van der Waals surface area contributed by atoms with Crippen molar-refractivity contribution in [3.63, 3.8) is 0 Å². The topological polar surface area (TPSA) is 38.7 Å². The molecule has 0 spiro atoms. The van der Waals surface area contributed by atoms with E-state index >= 15 is 0 Å². The first-order valence-electron chi connectivity index (χ1n) is 5.67. The molecule has 0 atom stereocenters. The maximum Gasteiger partial charge on any atom is 0.387 e. The van der Waals surface area contributed by atoms with Crippen LogP contribution in [0.4, 0.5) is 8.78 Å². The monoisotopic (exact) mass is 260 g/mol. The van der Waals surface area contributed by atoms with Gasteiger partial charge in [-0.1, -0.05) is 26.8 Å². The second-order valence-electron chi connectivity index (χ2n) is 4.86. The highest BCUT2D eigenvalue weighted by Gasteiger charge is 2.18. The number of aliphatic hydroxyl groups is 1. The number of benzene rings is 1. The molecule has 0 bridgehead atoms. The Hall–Kier alpha value is -1.36. The zero-order valence-electron chi connectivity index (χ0n) is 10.7. The Bertz CT molecular complexity index is 386. The molecule has 0 aliphatic carbocycles. The van der Waals surface area contributed by atoms with Gasteiger partial charge < -0.3 is 14.6 Å². The molecule has 18 heavy (non-hydrogen) atoms. The summed E-state index contributed by atoms with van der Waals surface area (Å²) in [6, 6.07) is 4.91. The van der Waals surface area contributed by atoms with Gasteiger partial charge in [-0.05, 0) is 23.1 Å². The molecule has 102 valence electrons. The van der Waals surface area contributed by atoms with Gasteiger partial charge in [-0.2, -0.15) is 8.78 Å². The van der Waals surface area contributed by atoms with E-state index < -0.39 is 6.61 Å². The van der Waals surface area contributed by atoms with Crippen molar-refractivity contribution in [1.29, 1.82) is 0 Å². The first kappa shape index (κ1) is 14.7. The summed E-state index contributed by atoms with van der Waals surface area (Å²) in [5, 5.41) is 8.67. The van der Waals surface area contributed by atoms with E-state index in [1.165, 1.54) is 0 Å². The number of aliphatic hydroxyl groups excluding tert-OH is 1. The van der Waals surface area contributed by atoms with Gasteiger partial charge in [0.1, 0.15) is 6.61 Å². The van der Waals surface area contributed by atoms with E-state index in [1.807, 2.05) is 20.8 Å². The standard InChI is InChI=1S/C13H18F2O3/c1-13(2,3)9-4-5-10(17-7-6-16)11(8-9)18-12(14)15/h4-5,8,12,16H,6-7H2,1-3H3. The molecule has 0 amide bonds. The minimum absolute atomic E-state index is 0.00845. The molecule has 0 saturated carbocycles. The molecule has 1 aromatic rings. The Balaban J connectivity index is 3.04. The van der Waals surface area contributed by atoms with Crippen LogP contribution in [0, 0.1) is 0 Å². The fourth-order valence-corrected chi connectivity index (χ4v) is 1.44. The molecule has 0 heterocycles. The van der Waals surface area contributed by atoms with Gasteiger partial charge in [0.25, 0.3) is 0 Å². The van der Waals surface area contributed by atoms with Crippen LogP contribution in [-0.2, 0) is 5.41 Å². The van der Waals surface area contributed by atoms with E-state index in [2.05, 4.69) is 4.74 Å². The minimum Gasteiger partial charge on any atom is -0.487 e. The van der Waals surface area contributed by atoms with Crippen molar-refractivity contribution in [1.82, 2.24) is 0 Å². The number of rotatable bonds is 5. The number of hydrogen-bond donors (Lipinski definition) is 1. The van der Waals surface area contributed by atoms with E-state index in [0.29, 0.717) is 0 Å². The van der Waals surface area contributed by atoms with Crippen molar-refractivity contribution >= 4 is 0 Å². The molecule has 0 radical (unpaired) electrons. The molecule has 0 aliphatic heterocycles. The van der Waals surface area contributed by atoms with Crippen LogP contribution in [0.15, 0.2) is 18.2 Å². The highest BCUT2D eigenvalue weighted by molar-refractivity contribution is 5.44. The second kappa shape index (κ2) is 6.00. The number of ether oxygens (including phenoxy) is 2. The number of halogens is 2. The van der Waals surface area contributed by atoms with Crippen LogP contribution in [-0.4, -0.2) is 24.9 Å². The van der Waals surface area contributed by atoms with Gasteiger partial charge in [-0.15, -0.1) is 0 Å². The molecule has 0 saturated heterocycles. The zero-order chi connectivity index (χ0) is 13.8. The maximum atomic E-state index is 12.3. The molecule has 1 rings (SSSR count). The van der Waals surface area contributed by atoms with Crippen LogP contribution in [0.3, 0.4) is 0 Å². The van der Waals surface area contributed by atoms with E-state index in [0.717, 1.165) is 5.56 Å². The molecule has 0 aromatic heterocycles. The summed E-state index contributed by atoms with van der Waals surface area (Å²) >= 11 is 0. The molecule has 0 fully saturated rings. The Morgan fingerprint density at radius 2 is 1.89 bits per heavy atom. The Morgan fingerprint density at radius 3 is 2.39 bits per heavy atom. The third kappa shape index (κ3) is 4.14. The van der Waals surface area contributed by atoms with Gasteiger partial charge in [-0.25, -0.2) is 0 Å². The minimum atomic E-state index is -2.91. The third-order valence-electron chi connectivity index (χ3n) is 2.37. The second-order valence-corrected chi connectivity index (χ2v) is 4.86. The lowest BCUT2D eigenvalue weighted by molar-refractivity contribution is -0.0516. The van der Waals surface area contributed by atoms with Crippen molar-refractivity contribution in [3.05, 3.63) is 23.8 Å². The van der Waals surface area contributed by atoms with Crippen molar-refractivity contribution in [3.8, 4) is 11.5 Å². The third-order valence-corrected chi connectivity index (χ3v) is 2.37. The molecule has 0 unspecified atom stereocenters. The molecule has 1 N–H and O–H groups in total. The summed E-state index contributed by atoms with van der Waals surface area (Å²) in [5.74, 6) is 0.197. The molecule has 5 heteroatoms. The van der Waals surface area contributed by atoms with Gasteiger partial charge in [0.15, 0.2) is 11.5 Å². The summed E-state index contributed by atoms with van der Waals surface area (Å²) in [4.78, 5) is 0. The van der Waals surface area contributed by atoms with Crippen LogP contribution < -0.4 is 9.47 Å². The highest BCUT2D eigenvalue weighted by atomic mass is 19.3. The fourth-order valence-electron chi connectivity index (χ4n) is 1.44. The molecule has 3 nitrogen and oxygen atoms in total. The average molecular weight is 260 g/mol. The number of alkyl halides is 2. The SMILES string of the molecule is CC(C)(C)c1ccc(OCCO)c(OC(F)F)c1. The number of hydrogen-bond acceptors (Lipinski definition) is 3. The van der Waals surface area contributed by atoms with Crippen LogP contribution in [0.2, 0.25) is 0 Å². The Kier molecular flexibility index (Phi) is 4.90. The van der Waals surface area contributed by atoms with Gasteiger partial charge in [0.2, 0.25) is 0 Å².